The molecule has 10 heteroatoms. The van der Waals surface area contributed by atoms with Crippen molar-refractivity contribution in [1.29, 1.82) is 0 Å². The summed E-state index contributed by atoms with van der Waals surface area (Å²) >= 11 is 6.89. The standard InChI is InChI=1S/C16H20ClN3O4S2/c1-18(11-13-3-2-10-24-13)12-15(21)19-6-8-20(9-7-19)26(22,23)16-5-4-14(17)25-16/h2-5,10H,6-9,11-12H2,1H3/p+1. The minimum absolute atomic E-state index is 0.0188. The van der Waals surface area contributed by atoms with Crippen LogP contribution in [0.1, 0.15) is 5.76 Å². The summed E-state index contributed by atoms with van der Waals surface area (Å²) in [6, 6.07) is 6.81. The third kappa shape index (κ3) is 4.47. The van der Waals surface area contributed by atoms with Gasteiger partial charge >= 0.3 is 0 Å². The lowest BCUT2D eigenvalue weighted by Gasteiger charge is -2.33. The Kier molecular flexibility index (Phi) is 6.03. The Balaban J connectivity index is 1.52. The summed E-state index contributed by atoms with van der Waals surface area (Å²) in [6.07, 6.45) is 1.62. The van der Waals surface area contributed by atoms with E-state index in [1.165, 1.54) is 10.4 Å². The number of halogens is 1. The SMILES string of the molecule is C[NH+](CC(=O)N1CCN(S(=O)(=O)c2ccc(Cl)s2)CC1)Cc1ccco1. The molecule has 1 aliphatic rings. The van der Waals surface area contributed by atoms with Crippen molar-refractivity contribution in [2.24, 2.45) is 0 Å². The van der Waals surface area contributed by atoms with Gasteiger partial charge in [0, 0.05) is 26.2 Å². The first kappa shape index (κ1) is 19.4. The summed E-state index contributed by atoms with van der Waals surface area (Å²) in [5.74, 6) is 0.853. The van der Waals surface area contributed by atoms with Crippen molar-refractivity contribution in [3.8, 4) is 0 Å². The number of likely N-dealkylation sites (N-methyl/N-ethyl adjacent to an activating group) is 1. The predicted molar refractivity (Wildman–Crippen MR) is 98.8 cm³/mol. The lowest BCUT2D eigenvalue weighted by atomic mass is 10.3. The van der Waals surface area contributed by atoms with E-state index in [2.05, 4.69) is 0 Å². The van der Waals surface area contributed by atoms with E-state index in [0.717, 1.165) is 22.0 Å². The van der Waals surface area contributed by atoms with Crippen LogP contribution in [0.4, 0.5) is 0 Å². The minimum atomic E-state index is -3.54. The summed E-state index contributed by atoms with van der Waals surface area (Å²) in [4.78, 5) is 15.2. The van der Waals surface area contributed by atoms with Gasteiger partial charge in [-0.3, -0.25) is 4.79 Å². The number of hydrogen-bond acceptors (Lipinski definition) is 5. The minimum Gasteiger partial charge on any atom is -0.463 e. The Morgan fingerprint density at radius 2 is 2.00 bits per heavy atom. The van der Waals surface area contributed by atoms with E-state index >= 15 is 0 Å². The molecule has 0 radical (unpaired) electrons. The first-order chi connectivity index (χ1) is 12.4. The molecule has 0 aliphatic carbocycles. The highest BCUT2D eigenvalue weighted by Gasteiger charge is 2.31. The number of nitrogens with one attached hydrogen (secondary N) is 1. The van der Waals surface area contributed by atoms with Crippen molar-refractivity contribution in [3.63, 3.8) is 0 Å². The molecule has 1 amide bonds. The fourth-order valence-electron chi connectivity index (χ4n) is 2.88. The van der Waals surface area contributed by atoms with Gasteiger partial charge in [-0.05, 0) is 24.3 Å². The van der Waals surface area contributed by atoms with Gasteiger partial charge in [0.25, 0.3) is 15.9 Å². The zero-order valence-electron chi connectivity index (χ0n) is 14.4. The highest BCUT2D eigenvalue weighted by Crippen LogP contribution is 2.28. The molecule has 0 spiro atoms. The van der Waals surface area contributed by atoms with Crippen molar-refractivity contribution < 1.29 is 22.5 Å². The quantitative estimate of drug-likeness (QED) is 0.743. The molecule has 1 unspecified atom stereocenters. The molecule has 1 saturated heterocycles. The van der Waals surface area contributed by atoms with Crippen LogP contribution >= 0.6 is 22.9 Å². The molecule has 0 saturated carbocycles. The Morgan fingerprint density at radius 1 is 1.27 bits per heavy atom. The molecule has 0 aromatic carbocycles. The van der Waals surface area contributed by atoms with E-state index in [4.69, 9.17) is 16.0 Å². The monoisotopic (exact) mass is 418 g/mol. The van der Waals surface area contributed by atoms with Crippen LogP contribution in [0.25, 0.3) is 0 Å². The van der Waals surface area contributed by atoms with E-state index in [1.807, 2.05) is 19.2 Å². The summed E-state index contributed by atoms with van der Waals surface area (Å²) in [5, 5.41) is 0. The van der Waals surface area contributed by atoms with E-state index in [0.29, 0.717) is 43.6 Å². The first-order valence-corrected chi connectivity index (χ1v) is 10.9. The molecule has 26 heavy (non-hydrogen) atoms. The third-order valence-corrected chi connectivity index (χ3v) is 7.84. The van der Waals surface area contributed by atoms with Gasteiger partial charge in [-0.15, -0.1) is 11.3 Å². The van der Waals surface area contributed by atoms with E-state index in [1.54, 1.807) is 17.2 Å². The summed E-state index contributed by atoms with van der Waals surface area (Å²) in [5.41, 5.74) is 0. The van der Waals surface area contributed by atoms with Crippen LogP contribution in [-0.4, -0.2) is 63.3 Å². The van der Waals surface area contributed by atoms with Gasteiger partial charge in [-0.1, -0.05) is 11.6 Å². The molecule has 2 aromatic rings. The number of hydrogen-bond donors (Lipinski definition) is 1. The molecule has 1 N–H and O–H groups in total. The van der Waals surface area contributed by atoms with Gasteiger partial charge in [-0.2, -0.15) is 4.31 Å². The first-order valence-electron chi connectivity index (χ1n) is 8.23. The van der Waals surface area contributed by atoms with Crippen LogP contribution in [0.2, 0.25) is 4.34 Å². The fraction of sp³-hybridized carbons (Fsp3) is 0.438. The molecular weight excluding hydrogens is 398 g/mol. The van der Waals surface area contributed by atoms with Gasteiger partial charge in [-0.25, -0.2) is 8.42 Å². The highest BCUT2D eigenvalue weighted by molar-refractivity contribution is 7.91. The Morgan fingerprint density at radius 3 is 2.58 bits per heavy atom. The molecule has 0 bridgehead atoms. The van der Waals surface area contributed by atoms with Crippen LogP contribution in [0.5, 0.6) is 0 Å². The van der Waals surface area contributed by atoms with Crippen LogP contribution in [0.3, 0.4) is 0 Å². The van der Waals surface area contributed by atoms with Gasteiger partial charge in [0.05, 0.1) is 17.6 Å². The summed E-state index contributed by atoms with van der Waals surface area (Å²) < 4.78 is 32.6. The number of amides is 1. The summed E-state index contributed by atoms with van der Waals surface area (Å²) in [6.45, 7) is 2.35. The maximum atomic E-state index is 12.6. The Bertz CT molecular complexity index is 843. The van der Waals surface area contributed by atoms with E-state index in [9.17, 15) is 13.2 Å². The van der Waals surface area contributed by atoms with Crippen molar-refractivity contribution in [2.45, 2.75) is 10.8 Å². The second-order valence-corrected chi connectivity index (χ2v) is 10.1. The second-order valence-electron chi connectivity index (χ2n) is 6.23. The van der Waals surface area contributed by atoms with Crippen molar-refractivity contribution in [2.75, 3.05) is 39.8 Å². The number of sulfonamides is 1. The van der Waals surface area contributed by atoms with Crippen molar-refractivity contribution in [1.82, 2.24) is 9.21 Å². The van der Waals surface area contributed by atoms with Crippen LogP contribution in [-0.2, 0) is 21.4 Å². The maximum absolute atomic E-state index is 12.6. The highest BCUT2D eigenvalue weighted by atomic mass is 35.5. The lowest BCUT2D eigenvalue weighted by molar-refractivity contribution is -0.886. The normalized spacial score (nSPS) is 17.4. The number of quaternary nitrogens is 1. The number of piperazine rings is 1. The molecule has 1 fully saturated rings. The largest absolute Gasteiger partial charge is 0.463 e. The topological polar surface area (TPSA) is 75.3 Å². The van der Waals surface area contributed by atoms with Gasteiger partial charge in [0.15, 0.2) is 12.3 Å². The Hall–Kier alpha value is -1.39. The number of carbonyl (C=O) groups excluding carboxylic acids is 1. The number of furan rings is 1. The molecule has 142 valence electrons. The average molecular weight is 419 g/mol. The van der Waals surface area contributed by atoms with E-state index < -0.39 is 10.0 Å². The molecule has 3 rings (SSSR count). The zero-order valence-corrected chi connectivity index (χ0v) is 16.7. The third-order valence-electron chi connectivity index (χ3n) is 4.24. The fourth-order valence-corrected chi connectivity index (χ4v) is 5.94. The van der Waals surface area contributed by atoms with Gasteiger partial charge in [0.1, 0.15) is 10.8 Å². The predicted octanol–water partition coefficient (Wildman–Crippen LogP) is 0.542. The van der Waals surface area contributed by atoms with Gasteiger partial charge < -0.3 is 14.2 Å². The number of rotatable bonds is 6. The molecule has 7 nitrogen and oxygen atoms in total. The lowest BCUT2D eigenvalue weighted by Crippen LogP contribution is -3.08. The number of thiophene rings is 1. The smallest absolute Gasteiger partial charge is 0.277 e. The molecule has 1 atom stereocenters. The molecule has 3 heterocycles. The van der Waals surface area contributed by atoms with E-state index in [-0.39, 0.29) is 10.1 Å². The molecular formula is C16H21ClN3O4S2+. The average Bonchev–Trinajstić information content (AvgIpc) is 3.26. The number of nitrogens with zero attached hydrogens (tertiary/aromatic N) is 2. The second kappa shape index (κ2) is 8.10. The van der Waals surface area contributed by atoms with Crippen molar-refractivity contribution >= 4 is 38.9 Å². The Labute approximate surface area is 161 Å². The molecule has 2 aromatic heterocycles. The van der Waals surface area contributed by atoms with Crippen LogP contribution < -0.4 is 4.90 Å². The van der Waals surface area contributed by atoms with Crippen molar-refractivity contribution in [3.05, 3.63) is 40.6 Å². The maximum Gasteiger partial charge on any atom is 0.277 e. The number of carbonyl (C=O) groups is 1. The van der Waals surface area contributed by atoms with Crippen LogP contribution in [0.15, 0.2) is 39.2 Å². The zero-order chi connectivity index (χ0) is 18.7. The summed E-state index contributed by atoms with van der Waals surface area (Å²) in [7, 11) is -1.60. The van der Waals surface area contributed by atoms with Crippen LogP contribution in [0, 0.1) is 0 Å². The van der Waals surface area contributed by atoms with Gasteiger partial charge in [0.2, 0.25) is 0 Å². The molecule has 1 aliphatic heterocycles.